The molecule has 0 fully saturated rings. The van der Waals surface area contributed by atoms with Gasteiger partial charge in [-0.1, -0.05) is 12.1 Å². The maximum Gasteiger partial charge on any atom is 0.196 e. The van der Waals surface area contributed by atoms with Gasteiger partial charge in [0.2, 0.25) is 0 Å². The van der Waals surface area contributed by atoms with E-state index in [1.165, 1.54) is 6.07 Å². The van der Waals surface area contributed by atoms with E-state index >= 15 is 0 Å². The van der Waals surface area contributed by atoms with E-state index in [1.807, 2.05) is 6.92 Å². The molecule has 2 unspecified atom stereocenters. The topological polar surface area (TPSA) is 63.6 Å². The van der Waals surface area contributed by atoms with Gasteiger partial charge in [0.15, 0.2) is 11.6 Å². The van der Waals surface area contributed by atoms with Crippen LogP contribution in [0, 0.1) is 0 Å². The Morgan fingerprint density at radius 1 is 1.21 bits per heavy atom. The minimum absolute atomic E-state index is 0.0793. The number of Topliss-reactive ketones (excluding diaryl/α,β-unsaturated/α-hetero) is 2. The molecule has 0 saturated carbocycles. The Bertz CT molecular complexity index is 627. The van der Waals surface area contributed by atoms with Gasteiger partial charge in [0.1, 0.15) is 5.75 Å². The maximum atomic E-state index is 12.5. The standard InChI is InChI=1S/C15H14O4/c1-7-6-10-12(8(2)19-7)15(18)13-9(14(10)17)4-3-5-11(13)16/h3-5,7-8,16H,6H2,1-2H3. The average Bonchev–Trinajstić information content (AvgIpc) is 2.34. The van der Waals surface area contributed by atoms with Crippen molar-refractivity contribution in [3.8, 4) is 5.75 Å². The van der Waals surface area contributed by atoms with Crippen molar-refractivity contribution in [2.24, 2.45) is 0 Å². The molecule has 19 heavy (non-hydrogen) atoms. The predicted molar refractivity (Wildman–Crippen MR) is 68.4 cm³/mol. The highest BCUT2D eigenvalue weighted by Gasteiger charge is 2.39. The zero-order valence-corrected chi connectivity index (χ0v) is 10.8. The number of aromatic hydroxyl groups is 1. The molecule has 2 aliphatic rings. The van der Waals surface area contributed by atoms with Crippen LogP contribution in [0.5, 0.6) is 5.75 Å². The molecule has 0 spiro atoms. The molecular formula is C15H14O4. The summed E-state index contributed by atoms with van der Waals surface area (Å²) < 4.78 is 5.62. The number of ether oxygens (including phenoxy) is 1. The first-order chi connectivity index (χ1) is 9.00. The highest BCUT2D eigenvalue weighted by Crippen LogP contribution is 2.38. The minimum Gasteiger partial charge on any atom is -0.507 e. The summed E-state index contributed by atoms with van der Waals surface area (Å²) in [7, 11) is 0. The molecule has 0 bridgehead atoms. The van der Waals surface area contributed by atoms with E-state index in [0.29, 0.717) is 23.1 Å². The molecule has 98 valence electrons. The Morgan fingerprint density at radius 2 is 1.95 bits per heavy atom. The lowest BCUT2D eigenvalue weighted by molar-refractivity contribution is 0.0148. The molecule has 3 rings (SSSR count). The van der Waals surface area contributed by atoms with Crippen molar-refractivity contribution < 1.29 is 19.4 Å². The lowest BCUT2D eigenvalue weighted by Crippen LogP contribution is -2.36. The van der Waals surface area contributed by atoms with Crippen molar-refractivity contribution in [2.75, 3.05) is 0 Å². The molecule has 1 aromatic rings. The summed E-state index contributed by atoms with van der Waals surface area (Å²) in [6.45, 7) is 3.65. The monoisotopic (exact) mass is 258 g/mol. The highest BCUT2D eigenvalue weighted by molar-refractivity contribution is 6.28. The Hall–Kier alpha value is -1.94. The zero-order chi connectivity index (χ0) is 13.7. The van der Waals surface area contributed by atoms with Crippen LogP contribution in [-0.4, -0.2) is 28.9 Å². The summed E-state index contributed by atoms with van der Waals surface area (Å²) in [4.78, 5) is 24.9. The van der Waals surface area contributed by atoms with Gasteiger partial charge in [-0.15, -0.1) is 0 Å². The first-order valence-corrected chi connectivity index (χ1v) is 6.30. The lowest BCUT2D eigenvalue weighted by atomic mass is 9.78. The van der Waals surface area contributed by atoms with Crippen molar-refractivity contribution >= 4 is 11.6 Å². The minimum atomic E-state index is -0.414. The number of phenols is 1. The van der Waals surface area contributed by atoms with Crippen LogP contribution in [0.4, 0.5) is 0 Å². The van der Waals surface area contributed by atoms with Gasteiger partial charge in [-0.25, -0.2) is 0 Å². The van der Waals surface area contributed by atoms with Crippen molar-refractivity contribution in [1.82, 2.24) is 0 Å². The predicted octanol–water partition coefficient (Wildman–Crippen LogP) is 2.27. The van der Waals surface area contributed by atoms with E-state index < -0.39 is 6.10 Å². The SMILES string of the molecule is CC1CC2=C(C(=O)c3c(O)cccc3C2=O)C(C)O1. The molecule has 0 radical (unpaired) electrons. The largest absolute Gasteiger partial charge is 0.507 e. The summed E-state index contributed by atoms with van der Waals surface area (Å²) >= 11 is 0. The summed E-state index contributed by atoms with van der Waals surface area (Å²) in [5.41, 5.74) is 1.34. The van der Waals surface area contributed by atoms with Gasteiger partial charge >= 0.3 is 0 Å². The van der Waals surface area contributed by atoms with Crippen LogP contribution in [0.3, 0.4) is 0 Å². The van der Waals surface area contributed by atoms with Crippen LogP contribution in [0.15, 0.2) is 29.3 Å². The van der Waals surface area contributed by atoms with Gasteiger partial charge in [0.25, 0.3) is 0 Å². The van der Waals surface area contributed by atoms with Crippen LogP contribution in [0.25, 0.3) is 0 Å². The van der Waals surface area contributed by atoms with E-state index in [-0.39, 0.29) is 29.0 Å². The average molecular weight is 258 g/mol. The molecule has 1 aliphatic carbocycles. The van der Waals surface area contributed by atoms with E-state index in [0.717, 1.165) is 0 Å². The molecule has 0 aromatic heterocycles. The number of benzene rings is 1. The second-order valence-electron chi connectivity index (χ2n) is 5.04. The first-order valence-electron chi connectivity index (χ1n) is 6.30. The molecule has 1 aromatic carbocycles. The molecular weight excluding hydrogens is 244 g/mol. The summed E-state index contributed by atoms with van der Waals surface area (Å²) in [6, 6.07) is 4.59. The van der Waals surface area contributed by atoms with E-state index in [9.17, 15) is 14.7 Å². The third-order valence-corrected chi connectivity index (χ3v) is 3.69. The van der Waals surface area contributed by atoms with Gasteiger partial charge in [-0.3, -0.25) is 9.59 Å². The Morgan fingerprint density at radius 3 is 2.68 bits per heavy atom. The summed E-state index contributed by atoms with van der Waals surface area (Å²) in [5, 5.41) is 9.84. The molecule has 4 nitrogen and oxygen atoms in total. The molecule has 1 aliphatic heterocycles. The fraction of sp³-hybridized carbons (Fsp3) is 0.333. The fourth-order valence-corrected chi connectivity index (χ4v) is 2.91. The van der Waals surface area contributed by atoms with Crippen LogP contribution >= 0.6 is 0 Å². The van der Waals surface area contributed by atoms with Gasteiger partial charge in [0, 0.05) is 23.1 Å². The summed E-state index contributed by atoms with van der Waals surface area (Å²) in [6.07, 6.45) is -0.0494. The Labute approximate surface area is 110 Å². The number of carbonyl (C=O) groups excluding carboxylic acids is 2. The molecule has 4 heteroatoms. The van der Waals surface area contributed by atoms with Gasteiger partial charge in [-0.05, 0) is 19.9 Å². The first kappa shape index (κ1) is 12.1. The van der Waals surface area contributed by atoms with Gasteiger partial charge in [-0.2, -0.15) is 0 Å². The van der Waals surface area contributed by atoms with Gasteiger partial charge < -0.3 is 9.84 Å². The number of hydrogen-bond acceptors (Lipinski definition) is 4. The number of hydrogen-bond donors (Lipinski definition) is 1. The number of phenolic OH excluding ortho intramolecular Hbond substituents is 1. The normalized spacial score (nSPS) is 26.2. The smallest absolute Gasteiger partial charge is 0.196 e. The number of rotatable bonds is 0. The van der Waals surface area contributed by atoms with Crippen molar-refractivity contribution in [2.45, 2.75) is 32.5 Å². The van der Waals surface area contributed by atoms with E-state index in [4.69, 9.17) is 4.74 Å². The van der Waals surface area contributed by atoms with E-state index in [2.05, 4.69) is 0 Å². The van der Waals surface area contributed by atoms with Crippen molar-refractivity contribution in [1.29, 1.82) is 0 Å². The number of carbonyl (C=O) groups is 2. The number of ketones is 2. The van der Waals surface area contributed by atoms with E-state index in [1.54, 1.807) is 19.1 Å². The molecule has 0 amide bonds. The molecule has 2 atom stereocenters. The maximum absolute atomic E-state index is 12.5. The molecule has 1 heterocycles. The number of fused-ring (bicyclic) bond motifs is 1. The fourth-order valence-electron chi connectivity index (χ4n) is 2.91. The van der Waals surface area contributed by atoms with Crippen LogP contribution in [0.1, 0.15) is 41.0 Å². The van der Waals surface area contributed by atoms with Crippen LogP contribution in [0.2, 0.25) is 0 Å². The quantitative estimate of drug-likeness (QED) is 0.775. The summed E-state index contributed by atoms with van der Waals surface area (Å²) in [5.74, 6) is -0.599. The van der Waals surface area contributed by atoms with Crippen molar-refractivity contribution in [3.05, 3.63) is 40.5 Å². The third-order valence-electron chi connectivity index (χ3n) is 3.69. The lowest BCUT2D eigenvalue weighted by Gasteiger charge is -2.32. The zero-order valence-electron chi connectivity index (χ0n) is 10.8. The van der Waals surface area contributed by atoms with Crippen molar-refractivity contribution in [3.63, 3.8) is 0 Å². The van der Waals surface area contributed by atoms with Crippen LogP contribution < -0.4 is 0 Å². The second kappa shape index (κ2) is 4.03. The molecule has 1 N–H and O–H groups in total. The molecule has 0 saturated heterocycles. The van der Waals surface area contributed by atoms with Crippen LogP contribution in [-0.2, 0) is 4.74 Å². The Balaban J connectivity index is 2.24. The Kier molecular flexibility index (Phi) is 2.57. The third kappa shape index (κ3) is 1.64. The highest BCUT2D eigenvalue weighted by atomic mass is 16.5. The van der Waals surface area contributed by atoms with Gasteiger partial charge in [0.05, 0.1) is 17.8 Å². The second-order valence-corrected chi connectivity index (χ2v) is 5.04.